The molecule has 2 heterocycles. The highest BCUT2D eigenvalue weighted by Crippen LogP contribution is 2.41. The van der Waals surface area contributed by atoms with Gasteiger partial charge in [0.1, 0.15) is 17.0 Å². The smallest absolute Gasteiger partial charge is 0.339 e. The van der Waals surface area contributed by atoms with E-state index < -0.39 is 5.97 Å². The van der Waals surface area contributed by atoms with Gasteiger partial charge in [0.15, 0.2) is 0 Å². The number of carbonyl (C=O) groups excluding carboxylic acids is 1. The van der Waals surface area contributed by atoms with Gasteiger partial charge in [-0.25, -0.2) is 14.8 Å². The first-order valence-corrected chi connectivity index (χ1v) is 9.72. The number of methoxy groups -OCH3 is 1. The third kappa shape index (κ3) is 3.32. The lowest BCUT2D eigenvalue weighted by atomic mass is 10.0. The van der Waals surface area contributed by atoms with E-state index in [0.717, 1.165) is 26.2 Å². The lowest BCUT2D eigenvalue weighted by Crippen LogP contribution is -2.06. The van der Waals surface area contributed by atoms with Gasteiger partial charge in [-0.15, -0.1) is 11.3 Å². The Morgan fingerprint density at radius 1 is 1.11 bits per heavy atom. The van der Waals surface area contributed by atoms with E-state index in [1.165, 1.54) is 13.4 Å². The largest absolute Gasteiger partial charge is 0.465 e. The van der Waals surface area contributed by atoms with Crippen molar-refractivity contribution in [1.82, 2.24) is 9.97 Å². The van der Waals surface area contributed by atoms with Crippen LogP contribution in [0.25, 0.3) is 21.3 Å². The number of ether oxygens (including phenoxy) is 1. The van der Waals surface area contributed by atoms with E-state index in [2.05, 4.69) is 22.2 Å². The van der Waals surface area contributed by atoms with Gasteiger partial charge in [0, 0.05) is 15.5 Å². The molecule has 4 rings (SSSR count). The fourth-order valence-electron chi connectivity index (χ4n) is 3.11. The zero-order valence-corrected chi connectivity index (χ0v) is 16.8. The molecule has 7 heteroatoms. The third-order valence-corrected chi connectivity index (χ3v) is 5.65. The van der Waals surface area contributed by atoms with Crippen molar-refractivity contribution in [3.05, 3.63) is 70.3 Å². The zero-order chi connectivity index (χ0) is 19.7. The highest BCUT2D eigenvalue weighted by molar-refractivity contribution is 7.19. The van der Waals surface area contributed by atoms with Crippen LogP contribution in [0.5, 0.6) is 0 Å². The molecule has 140 valence electrons. The minimum Gasteiger partial charge on any atom is -0.465 e. The van der Waals surface area contributed by atoms with Crippen molar-refractivity contribution in [3.63, 3.8) is 0 Å². The van der Waals surface area contributed by atoms with Crippen LogP contribution in [0.15, 0.2) is 54.9 Å². The normalized spacial score (nSPS) is 10.8. The van der Waals surface area contributed by atoms with Crippen molar-refractivity contribution in [3.8, 4) is 11.1 Å². The minimum atomic E-state index is -0.409. The van der Waals surface area contributed by atoms with Crippen molar-refractivity contribution >= 4 is 50.6 Å². The van der Waals surface area contributed by atoms with Crippen molar-refractivity contribution in [1.29, 1.82) is 0 Å². The van der Waals surface area contributed by atoms with Gasteiger partial charge in [-0.2, -0.15) is 0 Å². The molecule has 0 aliphatic carbocycles. The number of aryl methyl sites for hydroxylation is 1. The minimum absolute atomic E-state index is 0.409. The summed E-state index contributed by atoms with van der Waals surface area (Å²) in [4.78, 5) is 23.0. The average molecular weight is 410 g/mol. The highest BCUT2D eigenvalue weighted by atomic mass is 35.5. The standard InChI is InChI=1S/C21H16ClN3O2S/c1-12-17(13-7-9-14(22)10-8-13)18-19(23-11-24-20(18)28-12)25-16-6-4-3-5-15(16)21(26)27-2/h3-11H,1-2H3,(H,23,24,25). The number of anilines is 2. The molecule has 1 N–H and O–H groups in total. The summed E-state index contributed by atoms with van der Waals surface area (Å²) in [5.74, 6) is 0.225. The number of esters is 1. The van der Waals surface area contributed by atoms with Gasteiger partial charge >= 0.3 is 5.97 Å². The van der Waals surface area contributed by atoms with Crippen LogP contribution >= 0.6 is 22.9 Å². The SMILES string of the molecule is COC(=O)c1ccccc1Nc1ncnc2sc(C)c(-c3ccc(Cl)cc3)c12. The van der Waals surface area contributed by atoms with Crippen LogP contribution in [-0.2, 0) is 4.74 Å². The number of aromatic nitrogens is 2. The monoisotopic (exact) mass is 409 g/mol. The van der Waals surface area contributed by atoms with Crippen LogP contribution < -0.4 is 5.32 Å². The summed E-state index contributed by atoms with van der Waals surface area (Å²) >= 11 is 7.65. The van der Waals surface area contributed by atoms with Crippen LogP contribution in [0, 0.1) is 6.92 Å². The van der Waals surface area contributed by atoms with Gasteiger partial charge in [-0.1, -0.05) is 35.9 Å². The van der Waals surface area contributed by atoms with Crippen molar-refractivity contribution < 1.29 is 9.53 Å². The molecule has 0 fully saturated rings. The average Bonchev–Trinajstić information content (AvgIpc) is 3.05. The number of nitrogens with zero attached hydrogens (tertiary/aromatic N) is 2. The van der Waals surface area contributed by atoms with Gasteiger partial charge < -0.3 is 10.1 Å². The van der Waals surface area contributed by atoms with Crippen LogP contribution in [0.1, 0.15) is 15.2 Å². The van der Waals surface area contributed by atoms with E-state index in [1.807, 2.05) is 36.4 Å². The lowest BCUT2D eigenvalue weighted by Gasteiger charge is -2.12. The van der Waals surface area contributed by atoms with Gasteiger partial charge in [-0.3, -0.25) is 0 Å². The topological polar surface area (TPSA) is 64.1 Å². The molecule has 0 radical (unpaired) electrons. The molecule has 4 aromatic rings. The van der Waals surface area contributed by atoms with E-state index >= 15 is 0 Å². The zero-order valence-electron chi connectivity index (χ0n) is 15.2. The molecule has 2 aromatic carbocycles. The fraction of sp³-hybridized carbons (Fsp3) is 0.0952. The van der Waals surface area contributed by atoms with Crippen molar-refractivity contribution in [2.75, 3.05) is 12.4 Å². The first kappa shape index (κ1) is 18.4. The van der Waals surface area contributed by atoms with Gasteiger partial charge in [0.2, 0.25) is 0 Å². The lowest BCUT2D eigenvalue weighted by molar-refractivity contribution is 0.0602. The maximum Gasteiger partial charge on any atom is 0.339 e. The van der Waals surface area contributed by atoms with E-state index in [0.29, 0.717) is 22.1 Å². The molecule has 5 nitrogen and oxygen atoms in total. The Balaban J connectivity index is 1.88. The predicted octanol–water partition coefficient (Wildman–Crippen LogP) is 5.85. The summed E-state index contributed by atoms with van der Waals surface area (Å²) in [7, 11) is 1.36. The number of para-hydroxylation sites is 1. The molecule has 0 saturated carbocycles. The Labute approximate surface area is 171 Å². The second-order valence-corrected chi connectivity index (χ2v) is 7.74. The number of fused-ring (bicyclic) bond motifs is 1. The number of carbonyl (C=O) groups is 1. The number of thiophene rings is 1. The summed E-state index contributed by atoms with van der Waals surface area (Å²) in [5, 5.41) is 4.89. The number of nitrogens with one attached hydrogen (secondary N) is 1. The van der Waals surface area contributed by atoms with Crippen LogP contribution in [-0.4, -0.2) is 23.0 Å². The first-order chi connectivity index (χ1) is 13.6. The molecule has 0 aliphatic rings. The van der Waals surface area contributed by atoms with Crippen molar-refractivity contribution in [2.45, 2.75) is 6.92 Å². The Hall–Kier alpha value is -2.96. The van der Waals surface area contributed by atoms with E-state index in [4.69, 9.17) is 16.3 Å². The number of halogens is 1. The highest BCUT2D eigenvalue weighted by Gasteiger charge is 2.18. The van der Waals surface area contributed by atoms with E-state index in [9.17, 15) is 4.79 Å². The van der Waals surface area contributed by atoms with E-state index in [-0.39, 0.29) is 0 Å². The molecule has 0 atom stereocenters. The molecular weight excluding hydrogens is 394 g/mol. The Bertz CT molecular complexity index is 1170. The Morgan fingerprint density at radius 2 is 1.86 bits per heavy atom. The first-order valence-electron chi connectivity index (χ1n) is 8.53. The summed E-state index contributed by atoms with van der Waals surface area (Å²) in [6.07, 6.45) is 1.52. The molecule has 0 amide bonds. The molecule has 2 aromatic heterocycles. The number of hydrogen-bond acceptors (Lipinski definition) is 6. The maximum atomic E-state index is 12.1. The van der Waals surface area contributed by atoms with E-state index in [1.54, 1.807) is 23.5 Å². The number of benzene rings is 2. The second kappa shape index (κ2) is 7.58. The quantitative estimate of drug-likeness (QED) is 0.428. The summed E-state index contributed by atoms with van der Waals surface area (Å²) in [5.41, 5.74) is 3.15. The Kier molecular flexibility index (Phi) is 4.98. The molecule has 0 bridgehead atoms. The van der Waals surface area contributed by atoms with Crippen LogP contribution in [0.3, 0.4) is 0 Å². The summed E-state index contributed by atoms with van der Waals surface area (Å²) in [6.45, 7) is 2.06. The maximum absolute atomic E-state index is 12.1. The van der Waals surface area contributed by atoms with Crippen LogP contribution in [0.2, 0.25) is 5.02 Å². The molecule has 28 heavy (non-hydrogen) atoms. The number of rotatable bonds is 4. The molecule has 0 spiro atoms. The second-order valence-electron chi connectivity index (χ2n) is 6.10. The molecule has 0 saturated heterocycles. The summed E-state index contributed by atoms with van der Waals surface area (Å²) < 4.78 is 4.89. The van der Waals surface area contributed by atoms with Crippen LogP contribution in [0.4, 0.5) is 11.5 Å². The van der Waals surface area contributed by atoms with Crippen molar-refractivity contribution in [2.24, 2.45) is 0 Å². The predicted molar refractivity (Wildman–Crippen MR) is 114 cm³/mol. The van der Waals surface area contributed by atoms with Gasteiger partial charge in [0.25, 0.3) is 0 Å². The number of hydrogen-bond donors (Lipinski definition) is 1. The van der Waals surface area contributed by atoms with Gasteiger partial charge in [0.05, 0.1) is 23.7 Å². The molecule has 0 aliphatic heterocycles. The molecular formula is C21H16ClN3O2S. The Morgan fingerprint density at radius 3 is 2.61 bits per heavy atom. The third-order valence-electron chi connectivity index (χ3n) is 4.38. The fourth-order valence-corrected chi connectivity index (χ4v) is 4.25. The molecule has 0 unspecified atom stereocenters. The summed E-state index contributed by atoms with van der Waals surface area (Å²) in [6, 6.07) is 14.9. The van der Waals surface area contributed by atoms with Gasteiger partial charge in [-0.05, 0) is 36.8 Å².